The van der Waals surface area contributed by atoms with E-state index in [4.69, 9.17) is 5.11 Å². The highest BCUT2D eigenvalue weighted by Gasteiger charge is 2.06. The molecule has 2 N–H and O–H groups in total. The lowest BCUT2D eigenvalue weighted by molar-refractivity contribution is -0.136. The predicted molar refractivity (Wildman–Crippen MR) is 74.7 cm³/mol. The molecule has 0 aliphatic carbocycles. The molecule has 0 bridgehead atoms. The van der Waals surface area contributed by atoms with Crippen molar-refractivity contribution in [3.8, 4) is 0 Å². The Morgan fingerprint density at radius 2 is 1.71 bits per heavy atom. The van der Waals surface area contributed by atoms with Crippen molar-refractivity contribution in [1.82, 2.24) is 5.32 Å². The van der Waals surface area contributed by atoms with Crippen molar-refractivity contribution in [3.63, 3.8) is 0 Å². The van der Waals surface area contributed by atoms with Crippen LogP contribution in [-0.4, -0.2) is 11.1 Å². The summed E-state index contributed by atoms with van der Waals surface area (Å²) in [4.78, 5) is 10.8. The summed E-state index contributed by atoms with van der Waals surface area (Å²) in [5, 5.41) is 11.9. The van der Waals surface area contributed by atoms with E-state index in [1.54, 1.807) is 12.1 Å². The smallest absolute Gasteiger partial charge is 0.307 e. The van der Waals surface area contributed by atoms with Crippen LogP contribution in [0.4, 0.5) is 8.78 Å². The van der Waals surface area contributed by atoms with Crippen LogP contribution in [0.3, 0.4) is 0 Å². The summed E-state index contributed by atoms with van der Waals surface area (Å²) in [7, 11) is 0. The van der Waals surface area contributed by atoms with Crippen LogP contribution in [0.5, 0.6) is 0 Å². The second-order valence-electron chi connectivity index (χ2n) is 4.69. The van der Waals surface area contributed by atoms with Gasteiger partial charge in [-0.2, -0.15) is 0 Å². The number of hydrogen-bond acceptors (Lipinski definition) is 2. The molecule has 0 unspecified atom stereocenters. The van der Waals surface area contributed by atoms with Crippen LogP contribution in [0.25, 0.3) is 0 Å². The Morgan fingerprint density at radius 1 is 1.00 bits per heavy atom. The zero-order valence-corrected chi connectivity index (χ0v) is 11.3. The average Bonchev–Trinajstić information content (AvgIpc) is 2.44. The first kappa shape index (κ1) is 15.1. The molecule has 0 atom stereocenters. The van der Waals surface area contributed by atoms with Crippen molar-refractivity contribution in [2.45, 2.75) is 19.5 Å². The number of hydrogen-bond donors (Lipinski definition) is 2. The molecular formula is C16H15F2NO2. The molecule has 0 amide bonds. The Morgan fingerprint density at radius 3 is 2.38 bits per heavy atom. The molecule has 0 saturated heterocycles. The molecule has 3 nitrogen and oxygen atoms in total. The van der Waals surface area contributed by atoms with Crippen LogP contribution in [0.15, 0.2) is 42.5 Å². The van der Waals surface area contributed by atoms with Gasteiger partial charge in [-0.05, 0) is 28.8 Å². The van der Waals surface area contributed by atoms with E-state index in [1.807, 2.05) is 12.1 Å². The number of benzene rings is 2. The summed E-state index contributed by atoms with van der Waals surface area (Å²) in [6.07, 6.45) is -0.0387. The minimum Gasteiger partial charge on any atom is -0.481 e. The maximum absolute atomic E-state index is 13.1. The third kappa shape index (κ3) is 4.36. The Balaban J connectivity index is 1.97. The molecule has 0 saturated carbocycles. The number of aliphatic carboxylic acids is 1. The first-order valence-electron chi connectivity index (χ1n) is 6.49. The lowest BCUT2D eigenvalue weighted by Crippen LogP contribution is -2.15. The summed E-state index contributed by atoms with van der Waals surface area (Å²) in [6.45, 7) is 0.834. The molecule has 0 aliphatic heterocycles. The maximum Gasteiger partial charge on any atom is 0.307 e. The van der Waals surface area contributed by atoms with Crippen molar-refractivity contribution in [2.75, 3.05) is 0 Å². The van der Waals surface area contributed by atoms with Crippen LogP contribution in [0.1, 0.15) is 16.7 Å². The van der Waals surface area contributed by atoms with E-state index < -0.39 is 17.6 Å². The minimum atomic E-state index is -0.886. The Labute approximate surface area is 121 Å². The zero-order valence-electron chi connectivity index (χ0n) is 11.3. The molecule has 2 aromatic carbocycles. The fraction of sp³-hybridized carbons (Fsp3) is 0.188. The van der Waals surface area contributed by atoms with Gasteiger partial charge >= 0.3 is 5.97 Å². The molecule has 0 spiro atoms. The van der Waals surface area contributed by atoms with Gasteiger partial charge < -0.3 is 10.4 Å². The Bertz CT molecular complexity index is 644. The molecule has 0 fully saturated rings. The van der Waals surface area contributed by atoms with Gasteiger partial charge in [0.1, 0.15) is 0 Å². The number of halogens is 2. The Kier molecular flexibility index (Phi) is 5.00. The molecule has 0 aliphatic rings. The summed E-state index contributed by atoms with van der Waals surface area (Å²) in [6, 6.07) is 11.0. The van der Waals surface area contributed by atoms with Gasteiger partial charge in [-0.1, -0.05) is 30.3 Å². The molecule has 0 heterocycles. The van der Waals surface area contributed by atoms with Crippen LogP contribution in [0, 0.1) is 11.6 Å². The number of nitrogens with one attached hydrogen (secondary N) is 1. The predicted octanol–water partition coefficient (Wildman–Crippen LogP) is 2.88. The molecule has 0 aromatic heterocycles. The van der Waals surface area contributed by atoms with Gasteiger partial charge in [0.15, 0.2) is 11.6 Å². The number of rotatable bonds is 6. The van der Waals surface area contributed by atoms with Crippen LogP contribution < -0.4 is 5.32 Å². The molecule has 0 radical (unpaired) electrons. The zero-order chi connectivity index (χ0) is 15.2. The monoisotopic (exact) mass is 291 g/mol. The second kappa shape index (κ2) is 6.95. The van der Waals surface area contributed by atoms with Gasteiger partial charge in [-0.15, -0.1) is 0 Å². The van der Waals surface area contributed by atoms with Crippen molar-refractivity contribution in [2.24, 2.45) is 0 Å². The maximum atomic E-state index is 13.1. The van der Waals surface area contributed by atoms with Crippen LogP contribution in [0.2, 0.25) is 0 Å². The van der Waals surface area contributed by atoms with E-state index in [0.29, 0.717) is 18.7 Å². The number of carboxylic acid groups (broad SMARTS) is 1. The normalized spacial score (nSPS) is 10.6. The minimum absolute atomic E-state index is 0.0387. The number of carbonyl (C=O) groups is 1. The van der Waals surface area contributed by atoms with Crippen molar-refractivity contribution >= 4 is 5.97 Å². The van der Waals surface area contributed by atoms with Gasteiger partial charge in [0.05, 0.1) is 6.42 Å². The van der Waals surface area contributed by atoms with E-state index in [9.17, 15) is 13.6 Å². The van der Waals surface area contributed by atoms with Gasteiger partial charge in [-0.3, -0.25) is 4.79 Å². The van der Waals surface area contributed by atoms with Gasteiger partial charge in [0.2, 0.25) is 0 Å². The molecule has 110 valence electrons. The van der Waals surface area contributed by atoms with E-state index in [1.165, 1.54) is 6.07 Å². The lowest BCUT2D eigenvalue weighted by Gasteiger charge is -2.09. The fourth-order valence-electron chi connectivity index (χ4n) is 2.06. The standard InChI is InChI=1S/C16H15F2NO2/c17-14-6-5-11(7-15(14)18)9-19-10-13-4-2-1-3-12(13)8-16(20)21/h1-7,19H,8-10H2,(H,20,21). The van der Waals surface area contributed by atoms with E-state index in [-0.39, 0.29) is 6.42 Å². The summed E-state index contributed by atoms with van der Waals surface area (Å²) < 4.78 is 25.9. The third-order valence-corrected chi connectivity index (χ3v) is 3.09. The topological polar surface area (TPSA) is 49.3 Å². The molecule has 21 heavy (non-hydrogen) atoms. The highest BCUT2D eigenvalue weighted by atomic mass is 19.2. The third-order valence-electron chi connectivity index (χ3n) is 3.09. The fourth-order valence-corrected chi connectivity index (χ4v) is 2.06. The first-order chi connectivity index (χ1) is 10.1. The molecule has 2 rings (SSSR count). The average molecular weight is 291 g/mol. The lowest BCUT2D eigenvalue weighted by atomic mass is 10.0. The quantitative estimate of drug-likeness (QED) is 0.860. The summed E-state index contributed by atoms with van der Waals surface area (Å²) in [5.41, 5.74) is 2.25. The van der Waals surface area contributed by atoms with Crippen molar-refractivity contribution in [1.29, 1.82) is 0 Å². The Hall–Kier alpha value is -2.27. The second-order valence-corrected chi connectivity index (χ2v) is 4.69. The molecule has 2 aromatic rings. The van der Waals surface area contributed by atoms with E-state index in [2.05, 4.69) is 5.32 Å². The van der Waals surface area contributed by atoms with Crippen LogP contribution >= 0.6 is 0 Å². The van der Waals surface area contributed by atoms with Gasteiger partial charge in [0.25, 0.3) is 0 Å². The van der Waals surface area contributed by atoms with Crippen LogP contribution in [-0.2, 0) is 24.3 Å². The highest BCUT2D eigenvalue weighted by molar-refractivity contribution is 5.70. The highest BCUT2D eigenvalue weighted by Crippen LogP contribution is 2.11. The van der Waals surface area contributed by atoms with Gasteiger partial charge in [-0.25, -0.2) is 8.78 Å². The van der Waals surface area contributed by atoms with Crippen molar-refractivity contribution < 1.29 is 18.7 Å². The largest absolute Gasteiger partial charge is 0.481 e. The summed E-state index contributed by atoms with van der Waals surface area (Å²) in [5.74, 6) is -2.63. The van der Waals surface area contributed by atoms with E-state index >= 15 is 0 Å². The molecular weight excluding hydrogens is 276 g/mol. The van der Waals surface area contributed by atoms with Crippen molar-refractivity contribution in [3.05, 3.63) is 70.8 Å². The number of carboxylic acids is 1. The summed E-state index contributed by atoms with van der Waals surface area (Å²) >= 11 is 0. The SMILES string of the molecule is O=C(O)Cc1ccccc1CNCc1ccc(F)c(F)c1. The first-order valence-corrected chi connectivity index (χ1v) is 6.49. The van der Waals surface area contributed by atoms with Gasteiger partial charge in [0, 0.05) is 13.1 Å². The molecule has 5 heteroatoms. The van der Waals surface area contributed by atoms with E-state index in [0.717, 1.165) is 23.3 Å².